The second-order valence-electron chi connectivity index (χ2n) is 10.2. The Labute approximate surface area is 240 Å². The van der Waals surface area contributed by atoms with Crippen LogP contribution >= 0.6 is 0 Å². The van der Waals surface area contributed by atoms with E-state index in [1.165, 1.54) is 0 Å². The number of carbonyl (C=O) groups excluding carboxylic acids is 3. The number of piperazine rings is 2. The third-order valence-corrected chi connectivity index (χ3v) is 7.55. The number of amides is 3. The minimum Gasteiger partial charge on any atom is -0.454 e. The van der Waals surface area contributed by atoms with Gasteiger partial charge >= 0.3 is 0 Å². The summed E-state index contributed by atoms with van der Waals surface area (Å²) in [5.74, 6) is -1.61. The Morgan fingerprint density at radius 1 is 0.690 bits per heavy atom. The Kier molecular flexibility index (Phi) is 7.62. The van der Waals surface area contributed by atoms with E-state index >= 15 is 0 Å². The maximum Gasteiger partial charge on any atom is 0.255 e. The van der Waals surface area contributed by atoms with Gasteiger partial charge in [-0.05, 0) is 48.5 Å². The SMILES string of the molecule is O=C(Nc1cc(C(=O)N2CCNCC2)ccc1N1CCN(C(=O)c2ccc3c(c2)OCO3)CC1)c1cc(F)cc(F)c1. The van der Waals surface area contributed by atoms with Crippen LogP contribution in [0, 0.1) is 11.6 Å². The fraction of sp³-hybridized carbons (Fsp3) is 0.300. The summed E-state index contributed by atoms with van der Waals surface area (Å²) in [6.45, 7) is 4.36. The first-order valence-corrected chi connectivity index (χ1v) is 13.7. The molecule has 3 aromatic rings. The molecule has 2 fully saturated rings. The molecular weight excluding hydrogens is 548 g/mol. The van der Waals surface area contributed by atoms with Crippen molar-refractivity contribution in [2.75, 3.05) is 69.4 Å². The number of halogens is 2. The zero-order valence-corrected chi connectivity index (χ0v) is 22.7. The molecule has 0 radical (unpaired) electrons. The Morgan fingerprint density at radius 3 is 2.02 bits per heavy atom. The lowest BCUT2D eigenvalue weighted by atomic mass is 10.1. The Hall–Kier alpha value is -4.71. The van der Waals surface area contributed by atoms with Crippen molar-refractivity contribution in [2.45, 2.75) is 0 Å². The summed E-state index contributed by atoms with van der Waals surface area (Å²) >= 11 is 0. The van der Waals surface area contributed by atoms with E-state index in [-0.39, 0.29) is 24.2 Å². The molecule has 2 N–H and O–H groups in total. The van der Waals surface area contributed by atoms with Crippen LogP contribution in [0.3, 0.4) is 0 Å². The van der Waals surface area contributed by atoms with E-state index in [0.717, 1.165) is 12.1 Å². The van der Waals surface area contributed by atoms with Crippen molar-refractivity contribution >= 4 is 29.1 Å². The second kappa shape index (κ2) is 11.6. The molecule has 0 bridgehead atoms. The summed E-state index contributed by atoms with van der Waals surface area (Å²) in [5.41, 5.74) is 1.67. The Bertz CT molecular complexity index is 1520. The van der Waals surface area contributed by atoms with Gasteiger partial charge in [0, 0.05) is 75.1 Å². The zero-order valence-electron chi connectivity index (χ0n) is 22.7. The van der Waals surface area contributed by atoms with Crippen LogP contribution in [0.15, 0.2) is 54.6 Å². The number of nitrogens with zero attached hydrogens (tertiary/aromatic N) is 3. The van der Waals surface area contributed by atoms with Crippen molar-refractivity contribution in [2.24, 2.45) is 0 Å². The van der Waals surface area contributed by atoms with Crippen molar-refractivity contribution in [3.05, 3.63) is 82.9 Å². The minimum atomic E-state index is -0.869. The number of nitrogens with one attached hydrogen (secondary N) is 2. The molecule has 0 unspecified atom stereocenters. The van der Waals surface area contributed by atoms with Crippen LogP contribution in [-0.4, -0.2) is 86.7 Å². The van der Waals surface area contributed by atoms with Gasteiger partial charge in [0.25, 0.3) is 17.7 Å². The number of ether oxygens (including phenoxy) is 2. The van der Waals surface area contributed by atoms with E-state index in [4.69, 9.17) is 9.47 Å². The Balaban J connectivity index is 1.22. The quantitative estimate of drug-likeness (QED) is 0.481. The molecule has 0 spiro atoms. The molecular formula is C30H29F2N5O5. The van der Waals surface area contributed by atoms with Crippen LogP contribution in [0.25, 0.3) is 0 Å². The summed E-state index contributed by atoms with van der Waals surface area (Å²) in [7, 11) is 0. The highest BCUT2D eigenvalue weighted by Crippen LogP contribution is 2.33. The van der Waals surface area contributed by atoms with Gasteiger partial charge in [0.05, 0.1) is 11.4 Å². The number of hydrogen-bond donors (Lipinski definition) is 2. The fourth-order valence-electron chi connectivity index (χ4n) is 5.34. The molecule has 2 saturated heterocycles. The van der Waals surface area contributed by atoms with Gasteiger partial charge in [-0.2, -0.15) is 0 Å². The van der Waals surface area contributed by atoms with E-state index in [2.05, 4.69) is 10.6 Å². The summed E-state index contributed by atoms with van der Waals surface area (Å²) in [5, 5.41) is 5.97. The molecule has 42 heavy (non-hydrogen) atoms. The van der Waals surface area contributed by atoms with Crippen LogP contribution in [0.4, 0.5) is 20.2 Å². The number of hydrogen-bond acceptors (Lipinski definition) is 7. The maximum atomic E-state index is 13.8. The number of benzene rings is 3. The van der Waals surface area contributed by atoms with Crippen LogP contribution in [-0.2, 0) is 0 Å². The van der Waals surface area contributed by atoms with Gasteiger partial charge in [-0.25, -0.2) is 8.78 Å². The predicted octanol–water partition coefficient (Wildman–Crippen LogP) is 2.95. The molecule has 3 aromatic carbocycles. The number of rotatable bonds is 5. The maximum absolute atomic E-state index is 13.8. The standard InChI is InChI=1S/C30H29F2N5O5/c31-22-13-21(14-23(32)17-22)28(38)34-24-15-19(29(39)36-7-5-33-6-8-36)1-3-25(24)35-9-11-37(12-10-35)30(40)20-2-4-26-27(16-20)42-18-41-26/h1-4,13-17,33H,5-12,18H2,(H,34,38). The number of fused-ring (bicyclic) bond motifs is 1. The second-order valence-corrected chi connectivity index (χ2v) is 10.2. The third-order valence-electron chi connectivity index (χ3n) is 7.55. The van der Waals surface area contributed by atoms with Gasteiger partial charge in [0.2, 0.25) is 6.79 Å². The van der Waals surface area contributed by atoms with E-state index in [0.29, 0.717) is 92.4 Å². The zero-order chi connectivity index (χ0) is 29.2. The molecule has 6 rings (SSSR count). The molecule has 10 nitrogen and oxygen atoms in total. The predicted molar refractivity (Wildman–Crippen MR) is 150 cm³/mol. The molecule has 0 atom stereocenters. The Morgan fingerprint density at radius 2 is 1.31 bits per heavy atom. The van der Waals surface area contributed by atoms with Crippen molar-refractivity contribution in [1.29, 1.82) is 0 Å². The van der Waals surface area contributed by atoms with Gasteiger partial charge in [-0.3, -0.25) is 14.4 Å². The molecule has 12 heteroatoms. The lowest BCUT2D eigenvalue weighted by molar-refractivity contribution is 0.0731. The highest BCUT2D eigenvalue weighted by Gasteiger charge is 2.27. The summed E-state index contributed by atoms with van der Waals surface area (Å²) in [6, 6.07) is 12.8. The molecule has 3 aliphatic heterocycles. The molecule has 218 valence electrons. The molecule has 0 aromatic heterocycles. The highest BCUT2D eigenvalue weighted by molar-refractivity contribution is 6.07. The largest absolute Gasteiger partial charge is 0.454 e. The first kappa shape index (κ1) is 27.5. The fourth-order valence-corrected chi connectivity index (χ4v) is 5.34. The van der Waals surface area contributed by atoms with Crippen LogP contribution < -0.4 is 25.0 Å². The highest BCUT2D eigenvalue weighted by atomic mass is 19.1. The molecule has 3 amide bonds. The molecule has 3 heterocycles. The van der Waals surface area contributed by atoms with Gasteiger partial charge in [0.1, 0.15) is 11.6 Å². The summed E-state index contributed by atoms with van der Waals surface area (Å²) in [4.78, 5) is 45.0. The van der Waals surface area contributed by atoms with E-state index in [1.807, 2.05) is 4.90 Å². The minimum absolute atomic E-state index is 0.123. The lowest BCUT2D eigenvalue weighted by Gasteiger charge is -2.37. The van der Waals surface area contributed by atoms with Gasteiger partial charge in [-0.15, -0.1) is 0 Å². The van der Waals surface area contributed by atoms with Gasteiger partial charge in [-0.1, -0.05) is 0 Å². The first-order chi connectivity index (χ1) is 20.4. The topological polar surface area (TPSA) is 103 Å². The van der Waals surface area contributed by atoms with Crippen LogP contribution in [0.5, 0.6) is 11.5 Å². The summed E-state index contributed by atoms with van der Waals surface area (Å²) in [6.07, 6.45) is 0. The smallest absolute Gasteiger partial charge is 0.255 e. The molecule has 3 aliphatic rings. The van der Waals surface area contributed by atoms with E-state index < -0.39 is 17.5 Å². The van der Waals surface area contributed by atoms with Crippen molar-refractivity contribution in [3.63, 3.8) is 0 Å². The van der Waals surface area contributed by atoms with Gasteiger partial charge < -0.3 is 34.8 Å². The third kappa shape index (κ3) is 5.70. The molecule has 0 saturated carbocycles. The van der Waals surface area contributed by atoms with Crippen molar-refractivity contribution in [1.82, 2.24) is 15.1 Å². The normalized spacial score (nSPS) is 16.4. The van der Waals surface area contributed by atoms with Crippen LogP contribution in [0.1, 0.15) is 31.1 Å². The van der Waals surface area contributed by atoms with Crippen molar-refractivity contribution < 1.29 is 32.6 Å². The lowest BCUT2D eigenvalue weighted by Crippen LogP contribution is -2.49. The average Bonchev–Trinajstić information content (AvgIpc) is 3.48. The summed E-state index contributed by atoms with van der Waals surface area (Å²) < 4.78 is 38.4. The van der Waals surface area contributed by atoms with E-state index in [9.17, 15) is 23.2 Å². The molecule has 0 aliphatic carbocycles. The first-order valence-electron chi connectivity index (χ1n) is 13.7. The van der Waals surface area contributed by atoms with Crippen LogP contribution in [0.2, 0.25) is 0 Å². The van der Waals surface area contributed by atoms with Gasteiger partial charge in [0.15, 0.2) is 11.5 Å². The number of anilines is 2. The van der Waals surface area contributed by atoms with Crippen molar-refractivity contribution in [3.8, 4) is 11.5 Å². The average molecular weight is 578 g/mol. The van der Waals surface area contributed by atoms with E-state index in [1.54, 1.807) is 46.2 Å². The monoisotopic (exact) mass is 577 g/mol. The number of carbonyl (C=O) groups is 3.